The topological polar surface area (TPSA) is 79.5 Å². The SMILES string of the molecule is COCCNC(=O)CNC(=O)C1CCNC1. The van der Waals surface area contributed by atoms with Crippen molar-refractivity contribution >= 4 is 11.8 Å². The summed E-state index contributed by atoms with van der Waals surface area (Å²) in [7, 11) is 1.57. The molecule has 0 bridgehead atoms. The summed E-state index contributed by atoms with van der Waals surface area (Å²) in [5.74, 6) is -0.227. The van der Waals surface area contributed by atoms with E-state index in [1.165, 1.54) is 0 Å². The normalized spacial score (nSPS) is 19.4. The van der Waals surface area contributed by atoms with Gasteiger partial charge in [0, 0.05) is 20.2 Å². The Kier molecular flexibility index (Phi) is 5.81. The molecule has 6 nitrogen and oxygen atoms in total. The summed E-state index contributed by atoms with van der Waals surface area (Å²) in [5, 5.41) is 8.36. The van der Waals surface area contributed by atoms with Crippen molar-refractivity contribution in [2.45, 2.75) is 6.42 Å². The lowest BCUT2D eigenvalue weighted by Gasteiger charge is -2.09. The third-order valence-corrected chi connectivity index (χ3v) is 2.48. The van der Waals surface area contributed by atoms with Gasteiger partial charge >= 0.3 is 0 Å². The minimum Gasteiger partial charge on any atom is -0.383 e. The number of amides is 2. The van der Waals surface area contributed by atoms with Crippen molar-refractivity contribution in [3.05, 3.63) is 0 Å². The summed E-state index contributed by atoms with van der Waals surface area (Å²) >= 11 is 0. The molecule has 1 rings (SSSR count). The lowest BCUT2D eigenvalue weighted by Crippen LogP contribution is -2.40. The third-order valence-electron chi connectivity index (χ3n) is 2.48. The highest BCUT2D eigenvalue weighted by Gasteiger charge is 2.22. The highest BCUT2D eigenvalue weighted by molar-refractivity contribution is 5.86. The molecule has 1 saturated heterocycles. The monoisotopic (exact) mass is 229 g/mol. The van der Waals surface area contributed by atoms with E-state index in [9.17, 15) is 9.59 Å². The summed E-state index contributed by atoms with van der Waals surface area (Å²) in [6.45, 7) is 2.57. The van der Waals surface area contributed by atoms with E-state index in [1.807, 2.05) is 0 Å². The van der Waals surface area contributed by atoms with Gasteiger partial charge in [0.2, 0.25) is 11.8 Å². The number of methoxy groups -OCH3 is 1. The zero-order valence-electron chi connectivity index (χ0n) is 9.54. The van der Waals surface area contributed by atoms with Gasteiger partial charge in [-0.05, 0) is 13.0 Å². The summed E-state index contributed by atoms with van der Waals surface area (Å²) in [6.07, 6.45) is 0.844. The Bertz CT molecular complexity index is 239. The van der Waals surface area contributed by atoms with Crippen molar-refractivity contribution in [2.24, 2.45) is 5.92 Å². The van der Waals surface area contributed by atoms with Crippen LogP contribution in [0.3, 0.4) is 0 Å². The van der Waals surface area contributed by atoms with E-state index < -0.39 is 0 Å². The lowest BCUT2D eigenvalue weighted by molar-refractivity contribution is -0.128. The average Bonchev–Trinajstić information content (AvgIpc) is 2.79. The molecular formula is C10H19N3O3. The van der Waals surface area contributed by atoms with Crippen molar-refractivity contribution in [3.8, 4) is 0 Å². The van der Waals surface area contributed by atoms with Crippen LogP contribution in [0.15, 0.2) is 0 Å². The van der Waals surface area contributed by atoms with Crippen molar-refractivity contribution in [2.75, 3.05) is 39.9 Å². The Labute approximate surface area is 95.1 Å². The van der Waals surface area contributed by atoms with Crippen LogP contribution in [0.4, 0.5) is 0 Å². The first-order valence-corrected chi connectivity index (χ1v) is 5.48. The second-order valence-electron chi connectivity index (χ2n) is 3.75. The van der Waals surface area contributed by atoms with Crippen LogP contribution in [0, 0.1) is 5.92 Å². The van der Waals surface area contributed by atoms with Gasteiger partial charge < -0.3 is 20.7 Å². The molecule has 1 atom stereocenters. The molecule has 0 aliphatic carbocycles. The molecule has 1 aliphatic rings. The maximum absolute atomic E-state index is 11.5. The number of hydrogen-bond donors (Lipinski definition) is 3. The number of carbonyl (C=O) groups is 2. The van der Waals surface area contributed by atoms with E-state index in [2.05, 4.69) is 16.0 Å². The molecule has 0 spiro atoms. The van der Waals surface area contributed by atoms with Gasteiger partial charge in [-0.1, -0.05) is 0 Å². The molecule has 16 heavy (non-hydrogen) atoms. The Morgan fingerprint density at radius 2 is 2.25 bits per heavy atom. The largest absolute Gasteiger partial charge is 0.383 e. The van der Waals surface area contributed by atoms with Gasteiger partial charge in [-0.3, -0.25) is 9.59 Å². The average molecular weight is 229 g/mol. The van der Waals surface area contributed by atoms with Crippen LogP contribution in [0.5, 0.6) is 0 Å². The maximum atomic E-state index is 11.5. The quantitative estimate of drug-likeness (QED) is 0.483. The van der Waals surface area contributed by atoms with E-state index >= 15 is 0 Å². The zero-order valence-corrected chi connectivity index (χ0v) is 9.54. The molecule has 1 unspecified atom stereocenters. The Hall–Kier alpha value is -1.14. The van der Waals surface area contributed by atoms with Crippen LogP contribution >= 0.6 is 0 Å². The summed E-state index contributed by atoms with van der Waals surface area (Å²) < 4.78 is 4.79. The predicted octanol–water partition coefficient (Wildman–Crippen LogP) is -1.53. The highest BCUT2D eigenvalue weighted by atomic mass is 16.5. The molecule has 0 aromatic carbocycles. The fraction of sp³-hybridized carbons (Fsp3) is 0.800. The molecule has 0 aromatic rings. The van der Waals surface area contributed by atoms with Crippen LogP contribution < -0.4 is 16.0 Å². The smallest absolute Gasteiger partial charge is 0.239 e. The number of hydrogen-bond acceptors (Lipinski definition) is 4. The second kappa shape index (κ2) is 7.19. The lowest BCUT2D eigenvalue weighted by atomic mass is 10.1. The molecule has 1 fully saturated rings. The molecule has 6 heteroatoms. The Morgan fingerprint density at radius 3 is 2.88 bits per heavy atom. The molecule has 0 aromatic heterocycles. The molecular weight excluding hydrogens is 210 g/mol. The van der Waals surface area contributed by atoms with E-state index in [1.54, 1.807) is 7.11 Å². The first-order chi connectivity index (χ1) is 7.74. The Morgan fingerprint density at radius 1 is 1.44 bits per heavy atom. The number of nitrogens with one attached hydrogen (secondary N) is 3. The van der Waals surface area contributed by atoms with E-state index in [4.69, 9.17) is 4.74 Å². The minimum atomic E-state index is -0.184. The zero-order chi connectivity index (χ0) is 11.8. The summed E-state index contributed by atoms with van der Waals surface area (Å²) in [6, 6.07) is 0. The van der Waals surface area contributed by atoms with Crippen molar-refractivity contribution in [1.29, 1.82) is 0 Å². The molecule has 1 heterocycles. The first-order valence-electron chi connectivity index (χ1n) is 5.48. The van der Waals surface area contributed by atoms with Crippen LogP contribution in [-0.4, -0.2) is 51.7 Å². The standard InChI is InChI=1S/C10H19N3O3/c1-16-5-4-12-9(14)7-13-10(15)8-2-3-11-6-8/h8,11H,2-7H2,1H3,(H,12,14)(H,13,15). The van der Waals surface area contributed by atoms with Gasteiger partial charge in [0.1, 0.15) is 0 Å². The van der Waals surface area contributed by atoms with Crippen molar-refractivity contribution in [1.82, 2.24) is 16.0 Å². The number of carbonyl (C=O) groups excluding carboxylic acids is 2. The molecule has 3 N–H and O–H groups in total. The van der Waals surface area contributed by atoms with Gasteiger partial charge in [-0.2, -0.15) is 0 Å². The summed E-state index contributed by atoms with van der Waals surface area (Å²) in [5.41, 5.74) is 0. The van der Waals surface area contributed by atoms with Crippen molar-refractivity contribution in [3.63, 3.8) is 0 Å². The van der Waals surface area contributed by atoms with E-state index in [0.717, 1.165) is 13.0 Å². The number of rotatable bonds is 6. The molecule has 0 radical (unpaired) electrons. The summed E-state index contributed by atoms with van der Waals surface area (Å²) in [4.78, 5) is 22.8. The minimum absolute atomic E-state index is 0.00627. The van der Waals surface area contributed by atoms with Crippen LogP contribution in [0.2, 0.25) is 0 Å². The number of ether oxygens (including phenoxy) is 1. The highest BCUT2D eigenvalue weighted by Crippen LogP contribution is 2.06. The molecule has 1 aliphatic heterocycles. The van der Waals surface area contributed by atoms with Gasteiger partial charge in [-0.15, -0.1) is 0 Å². The fourth-order valence-electron chi connectivity index (χ4n) is 1.55. The van der Waals surface area contributed by atoms with Crippen molar-refractivity contribution < 1.29 is 14.3 Å². The van der Waals surface area contributed by atoms with E-state index in [-0.39, 0.29) is 24.3 Å². The molecule has 0 saturated carbocycles. The maximum Gasteiger partial charge on any atom is 0.239 e. The first kappa shape index (κ1) is 12.9. The van der Waals surface area contributed by atoms with Gasteiger partial charge in [0.15, 0.2) is 0 Å². The van der Waals surface area contributed by atoms with E-state index in [0.29, 0.717) is 19.7 Å². The fourth-order valence-corrected chi connectivity index (χ4v) is 1.55. The second-order valence-corrected chi connectivity index (χ2v) is 3.75. The molecule has 92 valence electrons. The van der Waals surface area contributed by atoms with Gasteiger partial charge in [-0.25, -0.2) is 0 Å². The molecule has 2 amide bonds. The third kappa shape index (κ3) is 4.59. The van der Waals surface area contributed by atoms with Crippen LogP contribution in [0.25, 0.3) is 0 Å². The predicted molar refractivity (Wildman–Crippen MR) is 58.9 cm³/mol. The Balaban J connectivity index is 2.08. The van der Waals surface area contributed by atoms with Gasteiger partial charge in [0.25, 0.3) is 0 Å². The van der Waals surface area contributed by atoms with Gasteiger partial charge in [0.05, 0.1) is 19.1 Å². The van der Waals surface area contributed by atoms with Crippen LogP contribution in [0.1, 0.15) is 6.42 Å². The van der Waals surface area contributed by atoms with Crippen LogP contribution in [-0.2, 0) is 14.3 Å².